The number of carbonyl (C=O) groups excluding carboxylic acids is 1. The van der Waals surface area contributed by atoms with Crippen LogP contribution in [0, 0.1) is 11.8 Å². The van der Waals surface area contributed by atoms with E-state index in [1.54, 1.807) is 26.5 Å². The Bertz CT molecular complexity index is 1130. The molecule has 1 N–H and O–H groups in total. The predicted octanol–water partition coefficient (Wildman–Crippen LogP) is 2.29. The summed E-state index contributed by atoms with van der Waals surface area (Å²) in [7, 11) is 0. The third-order valence-electron chi connectivity index (χ3n) is 7.50. The van der Waals surface area contributed by atoms with Crippen molar-refractivity contribution in [2.45, 2.75) is 31.2 Å². The summed E-state index contributed by atoms with van der Waals surface area (Å²) < 4.78 is 46.7. The van der Waals surface area contributed by atoms with Gasteiger partial charge in [-0.2, -0.15) is 13.2 Å². The van der Waals surface area contributed by atoms with Crippen LogP contribution in [-0.2, 0) is 16.1 Å². The molecule has 0 saturated carbocycles. The minimum absolute atomic E-state index is 0.216. The number of benzene rings is 1. The van der Waals surface area contributed by atoms with E-state index in [0.29, 0.717) is 37.6 Å². The molecule has 2 saturated heterocycles. The van der Waals surface area contributed by atoms with Crippen molar-refractivity contribution in [3.05, 3.63) is 58.5 Å². The standard InChI is InChI=1S/C25H28F3N3O4/c26-25(27,28)8-9-30-21-18(19(15-32)22(30)24(34)29-10-12-35-13-11-29)14-31-20(21)7-6-17(23(31)33)16-4-2-1-3-5-16/h1-7,18-19,21-22,32H,8-15H2/t18-,19-,21+,22-/m0/s1. The van der Waals surface area contributed by atoms with Crippen LogP contribution in [0.2, 0.25) is 0 Å². The van der Waals surface area contributed by atoms with Crippen molar-refractivity contribution in [1.82, 2.24) is 14.4 Å². The van der Waals surface area contributed by atoms with Gasteiger partial charge in [-0.15, -0.1) is 0 Å². The van der Waals surface area contributed by atoms with Gasteiger partial charge in [-0.05, 0) is 17.7 Å². The molecular weight excluding hydrogens is 463 g/mol. The van der Waals surface area contributed by atoms with Crippen LogP contribution < -0.4 is 5.56 Å². The number of carbonyl (C=O) groups is 1. The Morgan fingerprint density at radius 3 is 2.46 bits per heavy atom. The van der Waals surface area contributed by atoms with E-state index in [4.69, 9.17) is 4.74 Å². The smallest absolute Gasteiger partial charge is 0.390 e. The Hall–Kier alpha value is -2.69. The molecule has 0 radical (unpaired) electrons. The topological polar surface area (TPSA) is 75.0 Å². The second-order valence-corrected chi connectivity index (χ2v) is 9.39. The number of aliphatic hydroxyl groups excluding tert-OH is 1. The number of pyridine rings is 1. The molecule has 35 heavy (non-hydrogen) atoms. The molecule has 0 bridgehead atoms. The molecule has 5 rings (SSSR count). The van der Waals surface area contributed by atoms with E-state index >= 15 is 0 Å². The van der Waals surface area contributed by atoms with Crippen LogP contribution in [0.5, 0.6) is 0 Å². The summed E-state index contributed by atoms with van der Waals surface area (Å²) in [5.74, 6) is -1.20. The van der Waals surface area contributed by atoms with E-state index in [1.165, 1.54) is 0 Å². The lowest BCUT2D eigenvalue weighted by molar-refractivity contribution is -0.149. The third kappa shape index (κ3) is 4.39. The number of fused-ring (bicyclic) bond motifs is 3. The minimum atomic E-state index is -4.39. The first-order valence-corrected chi connectivity index (χ1v) is 11.9. The number of amides is 1. The fourth-order valence-electron chi connectivity index (χ4n) is 5.91. The average Bonchev–Trinajstić information content (AvgIpc) is 3.38. The van der Waals surface area contributed by atoms with Crippen LogP contribution in [0.15, 0.2) is 47.3 Å². The van der Waals surface area contributed by atoms with Crippen molar-refractivity contribution in [3.8, 4) is 11.1 Å². The van der Waals surface area contributed by atoms with E-state index in [1.807, 2.05) is 30.3 Å². The van der Waals surface area contributed by atoms with Gasteiger partial charge in [-0.3, -0.25) is 14.5 Å². The van der Waals surface area contributed by atoms with Gasteiger partial charge in [-0.1, -0.05) is 30.3 Å². The zero-order valence-electron chi connectivity index (χ0n) is 19.2. The van der Waals surface area contributed by atoms with Gasteiger partial charge in [0.05, 0.1) is 31.7 Å². The van der Waals surface area contributed by atoms with Crippen molar-refractivity contribution in [2.24, 2.45) is 11.8 Å². The van der Waals surface area contributed by atoms with Crippen LogP contribution >= 0.6 is 0 Å². The second kappa shape index (κ2) is 9.40. The van der Waals surface area contributed by atoms with Gasteiger partial charge in [0, 0.05) is 55.9 Å². The van der Waals surface area contributed by atoms with Gasteiger partial charge in [0.25, 0.3) is 5.56 Å². The summed E-state index contributed by atoms with van der Waals surface area (Å²) in [5, 5.41) is 10.3. The lowest BCUT2D eigenvalue weighted by Crippen LogP contribution is -2.53. The maximum Gasteiger partial charge on any atom is 0.390 e. The summed E-state index contributed by atoms with van der Waals surface area (Å²) in [4.78, 5) is 30.1. The zero-order chi connectivity index (χ0) is 24.7. The molecule has 0 unspecified atom stereocenters. The third-order valence-corrected chi connectivity index (χ3v) is 7.50. The van der Waals surface area contributed by atoms with Gasteiger partial charge >= 0.3 is 6.18 Å². The first kappa shape index (κ1) is 24.0. The predicted molar refractivity (Wildman–Crippen MR) is 122 cm³/mol. The van der Waals surface area contributed by atoms with Gasteiger partial charge in [0.1, 0.15) is 0 Å². The summed E-state index contributed by atoms with van der Waals surface area (Å²) in [6.07, 6.45) is -5.47. The number of alkyl halides is 3. The highest BCUT2D eigenvalue weighted by Crippen LogP contribution is 2.50. The number of hydrogen-bond donors (Lipinski definition) is 1. The van der Waals surface area contributed by atoms with Gasteiger partial charge < -0.3 is 19.3 Å². The number of hydrogen-bond acceptors (Lipinski definition) is 5. The Morgan fingerprint density at radius 2 is 1.80 bits per heavy atom. The van der Waals surface area contributed by atoms with Crippen molar-refractivity contribution in [3.63, 3.8) is 0 Å². The number of morpholine rings is 1. The maximum absolute atomic E-state index is 13.5. The van der Waals surface area contributed by atoms with E-state index in [9.17, 15) is 27.9 Å². The molecule has 1 aromatic carbocycles. The Balaban J connectivity index is 1.54. The van der Waals surface area contributed by atoms with Crippen LogP contribution in [0.1, 0.15) is 18.2 Å². The van der Waals surface area contributed by atoms with Crippen molar-refractivity contribution >= 4 is 5.91 Å². The normalized spacial score (nSPS) is 26.6. The molecule has 4 atom stereocenters. The molecule has 3 aliphatic rings. The second-order valence-electron chi connectivity index (χ2n) is 9.39. The highest BCUT2D eigenvalue weighted by Gasteiger charge is 2.56. The Labute approximate surface area is 200 Å². The first-order valence-electron chi connectivity index (χ1n) is 11.9. The summed E-state index contributed by atoms with van der Waals surface area (Å²) in [6.45, 7) is 1.00. The molecule has 10 heteroatoms. The number of likely N-dealkylation sites (tertiary alicyclic amines) is 1. The Morgan fingerprint density at radius 1 is 1.09 bits per heavy atom. The number of rotatable bonds is 5. The van der Waals surface area contributed by atoms with E-state index in [0.717, 1.165) is 5.56 Å². The number of aromatic nitrogens is 1. The molecule has 7 nitrogen and oxygen atoms in total. The monoisotopic (exact) mass is 491 g/mol. The number of halogens is 3. The molecule has 3 aliphatic heterocycles. The first-order chi connectivity index (χ1) is 16.8. The van der Waals surface area contributed by atoms with E-state index in [-0.39, 0.29) is 37.1 Å². The minimum Gasteiger partial charge on any atom is -0.396 e. The lowest BCUT2D eigenvalue weighted by atomic mass is 9.88. The summed E-state index contributed by atoms with van der Waals surface area (Å²) >= 11 is 0. The van der Waals surface area contributed by atoms with Crippen molar-refractivity contribution in [1.29, 1.82) is 0 Å². The van der Waals surface area contributed by atoms with Crippen LogP contribution in [-0.4, -0.2) is 77.1 Å². The molecule has 1 amide bonds. The molecular formula is C25H28F3N3O4. The van der Waals surface area contributed by atoms with Crippen LogP contribution in [0.25, 0.3) is 11.1 Å². The van der Waals surface area contributed by atoms with E-state index in [2.05, 4.69) is 0 Å². The van der Waals surface area contributed by atoms with Gasteiger partial charge in [0.2, 0.25) is 5.91 Å². The molecule has 188 valence electrons. The summed E-state index contributed by atoms with van der Waals surface area (Å²) in [6, 6.07) is 11.3. The lowest BCUT2D eigenvalue weighted by Gasteiger charge is -2.36. The molecule has 1 aromatic heterocycles. The van der Waals surface area contributed by atoms with Crippen LogP contribution in [0.3, 0.4) is 0 Å². The number of ether oxygens (including phenoxy) is 1. The maximum atomic E-state index is 13.5. The molecule has 0 spiro atoms. The van der Waals surface area contributed by atoms with E-state index < -0.39 is 30.6 Å². The molecule has 4 heterocycles. The SMILES string of the molecule is O=C([C@@H]1[C@@H](CO)[C@@H]2Cn3c(ccc(-c4ccccc4)c3=O)[C@@H]2N1CCC(F)(F)F)N1CCOCC1. The fraction of sp³-hybridized carbons (Fsp3) is 0.520. The van der Waals surface area contributed by atoms with Gasteiger partial charge in [-0.25, -0.2) is 0 Å². The average molecular weight is 492 g/mol. The zero-order valence-corrected chi connectivity index (χ0v) is 19.2. The summed E-state index contributed by atoms with van der Waals surface area (Å²) in [5.41, 5.74) is 1.65. The molecule has 0 aliphatic carbocycles. The van der Waals surface area contributed by atoms with Crippen molar-refractivity contribution < 1.29 is 27.8 Å². The molecule has 2 aromatic rings. The number of nitrogens with zero attached hydrogens (tertiary/aromatic N) is 3. The largest absolute Gasteiger partial charge is 0.396 e. The quantitative estimate of drug-likeness (QED) is 0.695. The molecule has 2 fully saturated rings. The number of aliphatic hydroxyl groups is 1. The van der Waals surface area contributed by atoms with Crippen LogP contribution in [0.4, 0.5) is 13.2 Å². The Kier molecular flexibility index (Phi) is 6.45. The highest BCUT2D eigenvalue weighted by molar-refractivity contribution is 5.83. The highest BCUT2D eigenvalue weighted by atomic mass is 19.4. The van der Waals surface area contributed by atoms with Gasteiger partial charge in [0.15, 0.2) is 0 Å². The fourth-order valence-corrected chi connectivity index (χ4v) is 5.91. The van der Waals surface area contributed by atoms with Crippen molar-refractivity contribution in [2.75, 3.05) is 39.5 Å².